The van der Waals surface area contributed by atoms with Crippen molar-refractivity contribution < 1.29 is 19.1 Å². The van der Waals surface area contributed by atoms with E-state index in [0.29, 0.717) is 22.5 Å². The first-order valence-corrected chi connectivity index (χ1v) is 6.03. The van der Waals surface area contributed by atoms with Gasteiger partial charge >= 0.3 is 5.97 Å². The smallest absolute Gasteiger partial charge is 0.339 e. The Hall–Kier alpha value is -2.62. The van der Waals surface area contributed by atoms with Gasteiger partial charge in [0.25, 0.3) is 0 Å². The highest BCUT2D eigenvalue weighted by atomic mass is 16.5. The molecule has 20 heavy (non-hydrogen) atoms. The third-order valence-electron chi connectivity index (χ3n) is 2.91. The number of carbonyl (C=O) groups excluding carboxylic acids is 2. The molecule has 0 atom stereocenters. The van der Waals surface area contributed by atoms with Gasteiger partial charge in [-0.3, -0.25) is 4.79 Å². The quantitative estimate of drug-likeness (QED) is 0.624. The summed E-state index contributed by atoms with van der Waals surface area (Å²) in [5.41, 5.74) is 1.60. The maximum absolute atomic E-state index is 12.1. The summed E-state index contributed by atoms with van der Waals surface area (Å²) in [7, 11) is 2.86. The zero-order valence-corrected chi connectivity index (χ0v) is 11.3. The predicted octanol–water partition coefficient (Wildman–Crippen LogP) is 2.32. The van der Waals surface area contributed by atoms with Gasteiger partial charge in [-0.2, -0.15) is 0 Å². The summed E-state index contributed by atoms with van der Waals surface area (Å²) in [5.74, 6) is -0.0229. The van der Waals surface area contributed by atoms with E-state index in [-0.39, 0.29) is 5.78 Å². The van der Waals surface area contributed by atoms with Crippen molar-refractivity contribution in [3.8, 4) is 5.75 Å². The molecule has 0 radical (unpaired) electrons. The van der Waals surface area contributed by atoms with Gasteiger partial charge in [0, 0.05) is 5.56 Å². The minimum absolute atomic E-state index is 0.113. The van der Waals surface area contributed by atoms with Crippen LogP contribution in [0.2, 0.25) is 0 Å². The van der Waals surface area contributed by atoms with Crippen LogP contribution in [0, 0.1) is 0 Å². The first-order valence-electron chi connectivity index (χ1n) is 6.03. The lowest BCUT2D eigenvalue weighted by Gasteiger charge is -2.13. The Morgan fingerprint density at radius 3 is 2.25 bits per heavy atom. The first-order chi connectivity index (χ1) is 9.67. The second kappa shape index (κ2) is 6.02. The Kier molecular flexibility index (Phi) is 4.15. The van der Waals surface area contributed by atoms with Gasteiger partial charge in [-0.15, -0.1) is 0 Å². The third kappa shape index (κ3) is 2.69. The molecule has 1 aliphatic rings. The van der Waals surface area contributed by atoms with E-state index in [1.54, 1.807) is 24.3 Å². The monoisotopic (exact) mass is 270 g/mol. The van der Waals surface area contributed by atoms with E-state index in [0.717, 1.165) is 0 Å². The van der Waals surface area contributed by atoms with E-state index in [2.05, 4.69) is 0 Å². The van der Waals surface area contributed by atoms with Gasteiger partial charge in [0.2, 0.25) is 0 Å². The molecule has 0 saturated heterocycles. The van der Waals surface area contributed by atoms with Crippen LogP contribution in [-0.4, -0.2) is 26.0 Å². The minimum atomic E-state index is -0.479. The SMILES string of the molecule is COC(=O)C(=C1C=CC(=O)C=C1)c1ccccc1OC. The van der Waals surface area contributed by atoms with Crippen LogP contribution in [-0.2, 0) is 14.3 Å². The Balaban J connectivity index is 2.63. The Morgan fingerprint density at radius 2 is 1.65 bits per heavy atom. The third-order valence-corrected chi connectivity index (χ3v) is 2.91. The lowest BCUT2D eigenvalue weighted by atomic mass is 9.96. The van der Waals surface area contributed by atoms with Gasteiger partial charge in [-0.25, -0.2) is 4.79 Å². The largest absolute Gasteiger partial charge is 0.496 e. The number of hydrogen-bond acceptors (Lipinski definition) is 4. The van der Waals surface area contributed by atoms with Crippen molar-refractivity contribution in [2.24, 2.45) is 0 Å². The van der Waals surface area contributed by atoms with Crippen molar-refractivity contribution in [3.63, 3.8) is 0 Å². The van der Waals surface area contributed by atoms with Gasteiger partial charge in [0.05, 0.1) is 19.8 Å². The van der Waals surface area contributed by atoms with Gasteiger partial charge in [0.1, 0.15) is 5.75 Å². The molecule has 1 aliphatic carbocycles. The summed E-state index contributed by atoms with van der Waals surface area (Å²) in [4.78, 5) is 23.3. The number of methoxy groups -OCH3 is 2. The van der Waals surface area contributed by atoms with Crippen LogP contribution in [0.15, 0.2) is 54.1 Å². The molecule has 2 rings (SSSR count). The Morgan fingerprint density at radius 1 is 1.00 bits per heavy atom. The van der Waals surface area contributed by atoms with Crippen LogP contribution in [0.25, 0.3) is 5.57 Å². The number of carbonyl (C=O) groups is 2. The molecule has 0 heterocycles. The number of esters is 1. The van der Waals surface area contributed by atoms with E-state index in [4.69, 9.17) is 9.47 Å². The van der Waals surface area contributed by atoms with Gasteiger partial charge < -0.3 is 9.47 Å². The number of hydrogen-bond donors (Lipinski definition) is 0. The van der Waals surface area contributed by atoms with Crippen molar-refractivity contribution >= 4 is 17.3 Å². The summed E-state index contributed by atoms with van der Waals surface area (Å²) in [6, 6.07) is 7.16. The highest BCUT2D eigenvalue weighted by Crippen LogP contribution is 2.30. The van der Waals surface area contributed by atoms with Crippen molar-refractivity contribution in [2.45, 2.75) is 0 Å². The molecule has 0 aromatic heterocycles. The maximum atomic E-state index is 12.1. The van der Waals surface area contributed by atoms with Crippen LogP contribution >= 0.6 is 0 Å². The van der Waals surface area contributed by atoms with Crippen LogP contribution in [0.5, 0.6) is 5.75 Å². The van der Waals surface area contributed by atoms with Crippen molar-refractivity contribution in [3.05, 3.63) is 59.7 Å². The summed E-state index contributed by atoms with van der Waals surface area (Å²) in [6.45, 7) is 0. The van der Waals surface area contributed by atoms with E-state index < -0.39 is 5.97 Å². The van der Waals surface area contributed by atoms with Gasteiger partial charge in [-0.1, -0.05) is 30.4 Å². The zero-order valence-electron chi connectivity index (χ0n) is 11.3. The molecule has 0 N–H and O–H groups in total. The number of para-hydroxylation sites is 1. The molecule has 0 bridgehead atoms. The number of ether oxygens (including phenoxy) is 2. The van der Waals surface area contributed by atoms with E-state index >= 15 is 0 Å². The molecule has 0 aliphatic heterocycles. The van der Waals surface area contributed by atoms with Crippen LogP contribution in [0.1, 0.15) is 5.56 Å². The lowest BCUT2D eigenvalue weighted by molar-refractivity contribution is -0.133. The topological polar surface area (TPSA) is 52.6 Å². The fourth-order valence-electron chi connectivity index (χ4n) is 1.96. The number of benzene rings is 1. The molecule has 1 aromatic carbocycles. The minimum Gasteiger partial charge on any atom is -0.496 e. The molecule has 0 amide bonds. The molecule has 0 spiro atoms. The van der Waals surface area contributed by atoms with Crippen LogP contribution in [0.3, 0.4) is 0 Å². The molecule has 1 aromatic rings. The first kappa shape index (κ1) is 13.8. The second-order valence-electron chi connectivity index (χ2n) is 4.09. The molecule has 4 nitrogen and oxygen atoms in total. The standard InChI is InChI=1S/C16H14O4/c1-19-14-6-4-3-5-13(14)15(16(18)20-2)11-7-9-12(17)10-8-11/h3-10H,1-2H3. The second-order valence-corrected chi connectivity index (χ2v) is 4.09. The summed E-state index contributed by atoms with van der Waals surface area (Å²) >= 11 is 0. The average molecular weight is 270 g/mol. The van der Waals surface area contributed by atoms with Crippen LogP contribution in [0.4, 0.5) is 0 Å². The van der Waals surface area contributed by atoms with Crippen LogP contribution < -0.4 is 4.74 Å². The van der Waals surface area contributed by atoms with Gasteiger partial charge in [0.15, 0.2) is 5.78 Å². The zero-order chi connectivity index (χ0) is 14.5. The highest BCUT2D eigenvalue weighted by molar-refractivity contribution is 6.20. The Bertz CT molecular complexity index is 618. The molecule has 0 unspecified atom stereocenters. The van der Waals surface area contributed by atoms with Gasteiger partial charge in [-0.05, 0) is 23.8 Å². The number of allylic oxidation sites excluding steroid dienone is 5. The molecule has 102 valence electrons. The predicted molar refractivity (Wildman–Crippen MR) is 75.2 cm³/mol. The average Bonchev–Trinajstić information content (AvgIpc) is 2.49. The molecule has 4 heteroatoms. The fraction of sp³-hybridized carbons (Fsp3) is 0.125. The van der Waals surface area contributed by atoms with Crippen molar-refractivity contribution in [1.82, 2.24) is 0 Å². The lowest BCUT2D eigenvalue weighted by Crippen LogP contribution is -2.08. The van der Waals surface area contributed by atoms with Crippen molar-refractivity contribution in [2.75, 3.05) is 14.2 Å². The van der Waals surface area contributed by atoms with Crippen molar-refractivity contribution in [1.29, 1.82) is 0 Å². The number of ketones is 1. The summed E-state index contributed by atoms with van der Waals surface area (Å²) < 4.78 is 10.1. The highest BCUT2D eigenvalue weighted by Gasteiger charge is 2.20. The Labute approximate surface area is 117 Å². The molecular weight excluding hydrogens is 256 g/mol. The van der Waals surface area contributed by atoms with E-state index in [1.807, 2.05) is 12.1 Å². The molecular formula is C16H14O4. The molecule has 0 fully saturated rings. The number of rotatable bonds is 3. The molecule has 0 saturated carbocycles. The maximum Gasteiger partial charge on any atom is 0.339 e. The summed E-state index contributed by atoms with van der Waals surface area (Å²) in [5, 5.41) is 0. The fourth-order valence-corrected chi connectivity index (χ4v) is 1.96. The van der Waals surface area contributed by atoms with E-state index in [1.165, 1.54) is 26.4 Å². The normalized spacial score (nSPS) is 13.3. The van der Waals surface area contributed by atoms with E-state index in [9.17, 15) is 9.59 Å². The summed E-state index contributed by atoms with van der Waals surface area (Å²) in [6.07, 6.45) is 6.02.